The van der Waals surface area contributed by atoms with Crippen LogP contribution < -0.4 is 16.6 Å². The highest BCUT2D eigenvalue weighted by Crippen LogP contribution is 2.20. The Bertz CT molecular complexity index is 1470. The van der Waals surface area contributed by atoms with Crippen LogP contribution in [0.1, 0.15) is 35.5 Å². The second kappa shape index (κ2) is 13.3. The quantitative estimate of drug-likeness (QED) is 0.365. The number of aromatic nitrogens is 2. The van der Waals surface area contributed by atoms with Crippen LogP contribution in [0.4, 0.5) is 8.78 Å². The van der Waals surface area contributed by atoms with Crippen molar-refractivity contribution in [2.45, 2.75) is 33.2 Å². The molecule has 0 bridgehead atoms. The average molecular weight is 557 g/mol. The van der Waals surface area contributed by atoms with Crippen LogP contribution in [0.5, 0.6) is 0 Å². The zero-order valence-corrected chi connectivity index (χ0v) is 23.3. The van der Waals surface area contributed by atoms with Crippen LogP contribution in [-0.2, 0) is 30.0 Å². The van der Waals surface area contributed by atoms with Crippen molar-refractivity contribution in [2.24, 2.45) is 14.1 Å². The standard InChI is InChI=1S/C29H34F2N4O5/c1-6-35(7-2)15-16-40-28(38)23(32-26(36)25-21(30)9-8-10-22(25)31)17-19-11-13-20(14-12-19)24-18(3)33(4)29(39)34(5)27(24)37/h8-14,23H,6-7,15-17H2,1-5H3,(H,32,36). The molecule has 1 N–H and O–H groups in total. The number of esters is 1. The van der Waals surface area contributed by atoms with E-state index in [4.69, 9.17) is 4.74 Å². The van der Waals surface area contributed by atoms with Gasteiger partial charge in [-0.1, -0.05) is 44.2 Å². The Morgan fingerprint density at radius 1 is 0.975 bits per heavy atom. The van der Waals surface area contributed by atoms with E-state index < -0.39 is 46.4 Å². The van der Waals surface area contributed by atoms with Gasteiger partial charge in [-0.3, -0.25) is 14.2 Å². The average Bonchev–Trinajstić information content (AvgIpc) is 2.93. The fourth-order valence-corrected chi connectivity index (χ4v) is 4.38. The van der Waals surface area contributed by atoms with E-state index in [0.29, 0.717) is 28.9 Å². The summed E-state index contributed by atoms with van der Waals surface area (Å²) < 4.78 is 36.3. The van der Waals surface area contributed by atoms with Crippen molar-refractivity contribution < 1.29 is 23.1 Å². The minimum atomic E-state index is -1.23. The van der Waals surface area contributed by atoms with E-state index in [9.17, 15) is 28.0 Å². The highest BCUT2D eigenvalue weighted by Gasteiger charge is 2.27. The first-order chi connectivity index (χ1) is 19.0. The van der Waals surface area contributed by atoms with E-state index >= 15 is 0 Å². The van der Waals surface area contributed by atoms with Gasteiger partial charge in [-0.25, -0.2) is 18.4 Å². The number of ether oxygens (including phenoxy) is 1. The van der Waals surface area contributed by atoms with Gasteiger partial charge in [0.2, 0.25) is 0 Å². The molecule has 2 aromatic carbocycles. The molecule has 1 amide bonds. The van der Waals surface area contributed by atoms with Crippen molar-refractivity contribution in [1.29, 1.82) is 0 Å². The molecule has 1 atom stereocenters. The number of nitrogens with one attached hydrogen (secondary N) is 1. The summed E-state index contributed by atoms with van der Waals surface area (Å²) in [7, 11) is 2.98. The predicted molar refractivity (Wildman–Crippen MR) is 147 cm³/mol. The Labute approximate surface area is 231 Å². The number of rotatable bonds is 11. The van der Waals surface area contributed by atoms with Gasteiger partial charge in [-0.05, 0) is 43.3 Å². The third kappa shape index (κ3) is 6.71. The summed E-state index contributed by atoms with van der Waals surface area (Å²) in [6.45, 7) is 7.74. The van der Waals surface area contributed by atoms with Gasteiger partial charge in [0.1, 0.15) is 29.8 Å². The van der Waals surface area contributed by atoms with Crippen LogP contribution in [0.15, 0.2) is 52.1 Å². The molecule has 0 aliphatic heterocycles. The van der Waals surface area contributed by atoms with Gasteiger partial charge in [0.05, 0.1) is 5.56 Å². The third-order valence-electron chi connectivity index (χ3n) is 6.97. The summed E-state index contributed by atoms with van der Waals surface area (Å²) in [4.78, 5) is 52.9. The first kappa shape index (κ1) is 30.4. The molecule has 3 aromatic rings. The molecule has 1 aromatic heterocycles. The second-order valence-corrected chi connectivity index (χ2v) is 9.38. The zero-order chi connectivity index (χ0) is 29.6. The molecule has 0 aliphatic rings. The van der Waals surface area contributed by atoms with Crippen molar-refractivity contribution in [3.8, 4) is 11.1 Å². The van der Waals surface area contributed by atoms with Gasteiger partial charge < -0.3 is 19.5 Å². The van der Waals surface area contributed by atoms with Crippen molar-refractivity contribution in [2.75, 3.05) is 26.2 Å². The lowest BCUT2D eigenvalue weighted by Crippen LogP contribution is -2.44. The lowest BCUT2D eigenvalue weighted by atomic mass is 10.00. The molecule has 9 nitrogen and oxygen atoms in total. The topological polar surface area (TPSA) is 103 Å². The van der Waals surface area contributed by atoms with Gasteiger partial charge >= 0.3 is 11.7 Å². The van der Waals surface area contributed by atoms with Crippen LogP contribution >= 0.6 is 0 Å². The number of carbonyl (C=O) groups is 2. The van der Waals surface area contributed by atoms with Crippen molar-refractivity contribution in [1.82, 2.24) is 19.4 Å². The zero-order valence-electron chi connectivity index (χ0n) is 23.3. The number of hydrogen-bond donors (Lipinski definition) is 1. The molecule has 0 radical (unpaired) electrons. The molecular weight excluding hydrogens is 522 g/mol. The van der Waals surface area contributed by atoms with Crippen LogP contribution in [-0.4, -0.2) is 58.2 Å². The first-order valence-electron chi connectivity index (χ1n) is 13.0. The number of hydrogen-bond acceptors (Lipinski definition) is 6. The maximum Gasteiger partial charge on any atom is 0.330 e. The van der Waals surface area contributed by atoms with Crippen molar-refractivity contribution in [3.63, 3.8) is 0 Å². The molecule has 0 saturated carbocycles. The molecule has 1 unspecified atom stereocenters. The molecule has 3 rings (SSSR count). The largest absolute Gasteiger partial charge is 0.463 e. The number of carbonyl (C=O) groups excluding carboxylic acids is 2. The number of amides is 1. The van der Waals surface area contributed by atoms with Gasteiger partial charge in [-0.15, -0.1) is 0 Å². The number of likely N-dealkylation sites (N-methyl/N-ethyl adjacent to an activating group) is 1. The SMILES string of the molecule is CCN(CC)CCOC(=O)C(Cc1ccc(-c2c(C)n(C)c(=O)n(C)c2=O)cc1)NC(=O)c1c(F)cccc1F. The molecular formula is C29H34F2N4O5. The molecule has 0 aliphatic carbocycles. The lowest BCUT2D eigenvalue weighted by molar-refractivity contribution is -0.146. The fraction of sp³-hybridized carbons (Fsp3) is 0.379. The van der Waals surface area contributed by atoms with Gasteiger partial charge in [-0.2, -0.15) is 0 Å². The summed E-state index contributed by atoms with van der Waals surface area (Å²) in [5.41, 5.74) is 0.340. The molecule has 0 saturated heterocycles. The summed E-state index contributed by atoms with van der Waals surface area (Å²) in [5.74, 6) is -3.93. The first-order valence-corrected chi connectivity index (χ1v) is 13.0. The highest BCUT2D eigenvalue weighted by atomic mass is 19.1. The smallest absolute Gasteiger partial charge is 0.330 e. The van der Waals surface area contributed by atoms with Crippen molar-refractivity contribution >= 4 is 11.9 Å². The highest BCUT2D eigenvalue weighted by molar-refractivity contribution is 5.97. The van der Waals surface area contributed by atoms with Crippen molar-refractivity contribution in [3.05, 3.63) is 91.8 Å². The van der Waals surface area contributed by atoms with Gasteiger partial charge in [0.15, 0.2) is 0 Å². The van der Waals surface area contributed by atoms with E-state index in [1.165, 1.54) is 11.6 Å². The van der Waals surface area contributed by atoms with Gasteiger partial charge in [0, 0.05) is 32.8 Å². The summed E-state index contributed by atoms with van der Waals surface area (Å²) in [6.07, 6.45) is -0.0313. The van der Waals surface area contributed by atoms with E-state index in [1.807, 2.05) is 13.8 Å². The number of nitrogens with zero attached hydrogens (tertiary/aromatic N) is 3. The number of halogens is 2. The third-order valence-corrected chi connectivity index (χ3v) is 6.97. The minimum absolute atomic E-state index is 0.0313. The Kier molecular flexibility index (Phi) is 10.1. The Balaban J connectivity index is 1.87. The van der Waals surface area contributed by atoms with Crippen LogP contribution in [0.3, 0.4) is 0 Å². The molecule has 0 spiro atoms. The Hall–Kier alpha value is -4.12. The Morgan fingerprint density at radius 2 is 1.57 bits per heavy atom. The normalized spacial score (nSPS) is 11.9. The van der Waals surface area contributed by atoms with E-state index in [1.54, 1.807) is 38.2 Å². The molecule has 11 heteroatoms. The minimum Gasteiger partial charge on any atom is -0.463 e. The summed E-state index contributed by atoms with van der Waals surface area (Å²) in [6, 6.07) is 8.51. The van der Waals surface area contributed by atoms with E-state index in [2.05, 4.69) is 10.2 Å². The number of benzene rings is 2. The maximum atomic E-state index is 14.2. The monoisotopic (exact) mass is 556 g/mol. The molecule has 40 heavy (non-hydrogen) atoms. The Morgan fingerprint density at radius 3 is 2.15 bits per heavy atom. The van der Waals surface area contributed by atoms with E-state index in [0.717, 1.165) is 35.9 Å². The molecule has 1 heterocycles. The van der Waals surface area contributed by atoms with Crippen LogP contribution in [0.25, 0.3) is 11.1 Å². The second-order valence-electron chi connectivity index (χ2n) is 9.38. The maximum absolute atomic E-state index is 14.2. The summed E-state index contributed by atoms with van der Waals surface area (Å²) in [5, 5.41) is 2.42. The van der Waals surface area contributed by atoms with Crippen LogP contribution in [0.2, 0.25) is 0 Å². The molecule has 0 fully saturated rings. The lowest BCUT2D eigenvalue weighted by Gasteiger charge is -2.21. The molecule has 214 valence electrons. The van der Waals surface area contributed by atoms with E-state index in [-0.39, 0.29) is 13.0 Å². The predicted octanol–water partition coefficient (Wildman–Crippen LogP) is 2.56. The van der Waals surface area contributed by atoms with Crippen LogP contribution in [0, 0.1) is 18.6 Å². The summed E-state index contributed by atoms with van der Waals surface area (Å²) >= 11 is 0. The van der Waals surface area contributed by atoms with Gasteiger partial charge in [0.25, 0.3) is 11.5 Å². The fourth-order valence-electron chi connectivity index (χ4n) is 4.38.